The monoisotopic (exact) mass is 312 g/mol. The highest BCUT2D eigenvalue weighted by atomic mass is 16.1. The summed E-state index contributed by atoms with van der Waals surface area (Å²) in [6, 6.07) is 7.64. The van der Waals surface area contributed by atoms with Crippen LogP contribution < -0.4 is 10.6 Å². The first-order valence-electron chi connectivity index (χ1n) is 7.98. The van der Waals surface area contributed by atoms with Gasteiger partial charge in [0.05, 0.1) is 0 Å². The van der Waals surface area contributed by atoms with Gasteiger partial charge in [0.2, 0.25) is 5.95 Å². The number of hydrogen-bond acceptors (Lipinski definition) is 4. The lowest BCUT2D eigenvalue weighted by Crippen LogP contribution is -2.18. The molecule has 0 saturated heterocycles. The maximum atomic E-state index is 12.5. The number of para-hydroxylation sites is 1. The molecule has 2 N–H and O–H groups in total. The molecule has 0 aliphatic heterocycles. The third-order valence-corrected chi connectivity index (χ3v) is 3.54. The molecular formula is C18H24N4O. The first kappa shape index (κ1) is 16.9. The minimum absolute atomic E-state index is 0.219. The number of nitrogens with one attached hydrogen (secondary N) is 2. The zero-order valence-corrected chi connectivity index (χ0v) is 14.2. The second-order valence-electron chi connectivity index (χ2n) is 5.96. The molecule has 1 heterocycles. The Bertz CT molecular complexity index is 682. The fourth-order valence-electron chi connectivity index (χ4n) is 2.25. The van der Waals surface area contributed by atoms with E-state index in [1.54, 1.807) is 12.3 Å². The zero-order valence-electron chi connectivity index (χ0n) is 14.2. The Labute approximate surface area is 137 Å². The summed E-state index contributed by atoms with van der Waals surface area (Å²) in [5, 5.41) is 6.12. The minimum atomic E-state index is -0.219. The first-order valence-corrected chi connectivity index (χ1v) is 7.98. The molecule has 0 unspecified atom stereocenters. The van der Waals surface area contributed by atoms with E-state index in [2.05, 4.69) is 41.4 Å². The van der Waals surface area contributed by atoms with Gasteiger partial charge >= 0.3 is 0 Å². The molecule has 2 aromatic rings. The zero-order chi connectivity index (χ0) is 16.8. The van der Waals surface area contributed by atoms with Crippen LogP contribution in [0.2, 0.25) is 0 Å². The maximum absolute atomic E-state index is 12.5. The SMILES string of the molecule is CCc1cccc(C)c1NC(=O)c1ccnc(NCC(C)C)n1. The van der Waals surface area contributed by atoms with Gasteiger partial charge in [-0.1, -0.05) is 39.0 Å². The number of aryl methyl sites for hydroxylation is 2. The third kappa shape index (κ3) is 4.52. The van der Waals surface area contributed by atoms with E-state index in [1.165, 1.54) is 0 Å². The Morgan fingerprint density at radius 2 is 2.04 bits per heavy atom. The predicted octanol–water partition coefficient (Wildman–Crippen LogP) is 3.67. The second-order valence-corrected chi connectivity index (χ2v) is 5.96. The van der Waals surface area contributed by atoms with Crippen molar-refractivity contribution in [1.29, 1.82) is 0 Å². The summed E-state index contributed by atoms with van der Waals surface area (Å²) in [5.74, 6) is 0.742. The van der Waals surface area contributed by atoms with Crippen molar-refractivity contribution in [3.63, 3.8) is 0 Å². The quantitative estimate of drug-likeness (QED) is 0.854. The summed E-state index contributed by atoms with van der Waals surface area (Å²) in [7, 11) is 0. The van der Waals surface area contributed by atoms with E-state index in [1.807, 2.05) is 25.1 Å². The number of carbonyl (C=O) groups is 1. The van der Waals surface area contributed by atoms with Crippen LogP contribution in [0.25, 0.3) is 0 Å². The van der Waals surface area contributed by atoms with Crippen LogP contribution in [-0.2, 0) is 6.42 Å². The van der Waals surface area contributed by atoms with Crippen molar-refractivity contribution >= 4 is 17.5 Å². The molecule has 0 atom stereocenters. The van der Waals surface area contributed by atoms with E-state index < -0.39 is 0 Å². The first-order chi connectivity index (χ1) is 11.0. The van der Waals surface area contributed by atoms with E-state index in [-0.39, 0.29) is 5.91 Å². The van der Waals surface area contributed by atoms with E-state index in [9.17, 15) is 4.79 Å². The third-order valence-electron chi connectivity index (χ3n) is 3.54. The Morgan fingerprint density at radius 3 is 2.74 bits per heavy atom. The van der Waals surface area contributed by atoms with E-state index >= 15 is 0 Å². The van der Waals surface area contributed by atoms with Crippen LogP contribution in [0.5, 0.6) is 0 Å². The highest BCUT2D eigenvalue weighted by molar-refractivity contribution is 6.03. The number of anilines is 2. The van der Waals surface area contributed by atoms with Gasteiger partial charge < -0.3 is 10.6 Å². The Kier molecular flexibility index (Phi) is 5.68. The number of aromatic nitrogens is 2. The lowest BCUT2D eigenvalue weighted by molar-refractivity contribution is 0.102. The molecule has 5 heteroatoms. The molecule has 0 aliphatic rings. The molecule has 2 rings (SSSR count). The van der Waals surface area contributed by atoms with Gasteiger partial charge in [0, 0.05) is 18.4 Å². The molecular weight excluding hydrogens is 288 g/mol. The van der Waals surface area contributed by atoms with Crippen molar-refractivity contribution in [2.75, 3.05) is 17.2 Å². The van der Waals surface area contributed by atoms with Crippen LogP contribution in [0.4, 0.5) is 11.6 Å². The number of benzene rings is 1. The normalized spacial score (nSPS) is 10.7. The molecule has 1 amide bonds. The molecule has 0 aliphatic carbocycles. The summed E-state index contributed by atoms with van der Waals surface area (Å²) in [4.78, 5) is 20.9. The van der Waals surface area contributed by atoms with Gasteiger partial charge in [0.15, 0.2) is 0 Å². The fraction of sp³-hybridized carbons (Fsp3) is 0.389. The van der Waals surface area contributed by atoms with Crippen LogP contribution in [0.3, 0.4) is 0 Å². The summed E-state index contributed by atoms with van der Waals surface area (Å²) in [5.41, 5.74) is 3.39. The van der Waals surface area contributed by atoms with Gasteiger partial charge in [0.25, 0.3) is 5.91 Å². The number of amides is 1. The van der Waals surface area contributed by atoms with Crippen LogP contribution in [0.15, 0.2) is 30.5 Å². The minimum Gasteiger partial charge on any atom is -0.354 e. The highest BCUT2D eigenvalue weighted by Gasteiger charge is 2.12. The summed E-state index contributed by atoms with van der Waals surface area (Å²) in [6.45, 7) is 9.04. The van der Waals surface area contributed by atoms with Crippen molar-refractivity contribution in [1.82, 2.24) is 9.97 Å². The number of carbonyl (C=O) groups excluding carboxylic acids is 1. The van der Waals surface area contributed by atoms with E-state index in [0.29, 0.717) is 17.6 Å². The molecule has 1 aromatic heterocycles. The van der Waals surface area contributed by atoms with E-state index in [0.717, 1.165) is 29.8 Å². The molecule has 0 spiro atoms. The molecule has 5 nitrogen and oxygen atoms in total. The largest absolute Gasteiger partial charge is 0.354 e. The van der Waals surface area contributed by atoms with E-state index in [4.69, 9.17) is 0 Å². The Hall–Kier alpha value is -2.43. The molecule has 0 radical (unpaired) electrons. The van der Waals surface area contributed by atoms with Crippen LogP contribution >= 0.6 is 0 Å². The van der Waals surface area contributed by atoms with Gasteiger partial charge in [-0.25, -0.2) is 9.97 Å². The number of hydrogen-bond donors (Lipinski definition) is 2. The Morgan fingerprint density at radius 1 is 1.26 bits per heavy atom. The van der Waals surface area contributed by atoms with Crippen molar-refractivity contribution in [2.45, 2.75) is 34.1 Å². The highest BCUT2D eigenvalue weighted by Crippen LogP contribution is 2.21. The smallest absolute Gasteiger partial charge is 0.274 e. The standard InChI is InChI=1S/C18H24N4O/c1-5-14-8-6-7-13(4)16(14)22-17(23)15-9-10-19-18(21-15)20-11-12(2)3/h6-10,12H,5,11H2,1-4H3,(H,22,23)(H,19,20,21). The molecule has 122 valence electrons. The fourth-order valence-corrected chi connectivity index (χ4v) is 2.25. The van der Waals surface area contributed by atoms with Crippen LogP contribution in [0, 0.1) is 12.8 Å². The van der Waals surface area contributed by atoms with Gasteiger partial charge in [-0.15, -0.1) is 0 Å². The van der Waals surface area contributed by atoms with Crippen molar-refractivity contribution in [2.24, 2.45) is 5.92 Å². The summed E-state index contributed by atoms with van der Waals surface area (Å²) >= 11 is 0. The lowest BCUT2D eigenvalue weighted by atomic mass is 10.1. The maximum Gasteiger partial charge on any atom is 0.274 e. The number of nitrogens with zero attached hydrogens (tertiary/aromatic N) is 2. The van der Waals surface area contributed by atoms with Gasteiger partial charge in [-0.2, -0.15) is 0 Å². The predicted molar refractivity (Wildman–Crippen MR) is 93.9 cm³/mol. The number of rotatable bonds is 6. The molecule has 0 saturated carbocycles. The second kappa shape index (κ2) is 7.72. The van der Waals surface area contributed by atoms with Crippen molar-refractivity contribution in [3.8, 4) is 0 Å². The van der Waals surface area contributed by atoms with Crippen molar-refractivity contribution in [3.05, 3.63) is 47.3 Å². The van der Waals surface area contributed by atoms with Crippen molar-refractivity contribution < 1.29 is 4.79 Å². The molecule has 0 bridgehead atoms. The lowest BCUT2D eigenvalue weighted by Gasteiger charge is -2.13. The average Bonchev–Trinajstić information content (AvgIpc) is 2.55. The van der Waals surface area contributed by atoms with Gasteiger partial charge in [-0.05, 0) is 36.5 Å². The van der Waals surface area contributed by atoms with Gasteiger partial charge in [-0.3, -0.25) is 4.79 Å². The molecule has 1 aromatic carbocycles. The topological polar surface area (TPSA) is 66.9 Å². The Balaban J connectivity index is 2.17. The molecule has 0 fully saturated rings. The average molecular weight is 312 g/mol. The van der Waals surface area contributed by atoms with Crippen LogP contribution in [0.1, 0.15) is 42.4 Å². The van der Waals surface area contributed by atoms with Crippen LogP contribution in [-0.4, -0.2) is 22.4 Å². The summed E-state index contributed by atoms with van der Waals surface area (Å²) in [6.07, 6.45) is 2.46. The molecule has 23 heavy (non-hydrogen) atoms. The summed E-state index contributed by atoms with van der Waals surface area (Å²) < 4.78 is 0. The van der Waals surface area contributed by atoms with Gasteiger partial charge in [0.1, 0.15) is 5.69 Å².